The molecule has 0 saturated carbocycles. The maximum atomic E-state index is 13.2. The van der Waals surface area contributed by atoms with Crippen molar-refractivity contribution in [2.75, 3.05) is 25.0 Å². The molecule has 2 aromatic rings. The highest BCUT2D eigenvalue weighted by Crippen LogP contribution is 2.48. The summed E-state index contributed by atoms with van der Waals surface area (Å²) in [5.41, 5.74) is 2.22. The monoisotopic (exact) mass is 388 g/mol. The Labute approximate surface area is 160 Å². The molecule has 0 spiro atoms. The highest BCUT2D eigenvalue weighted by molar-refractivity contribution is 7.91. The number of hydrogen-bond acceptors (Lipinski definition) is 4. The molecule has 4 atom stereocenters. The summed E-state index contributed by atoms with van der Waals surface area (Å²) in [5.74, 6) is 0.724. The Hall–Kier alpha value is -1.92. The fourth-order valence-corrected chi connectivity index (χ4v) is 6.08. The number of halogens is 1. The number of nitrogens with zero attached hydrogens (tertiary/aromatic N) is 1. The van der Waals surface area contributed by atoms with Gasteiger partial charge in [-0.25, -0.2) is 12.8 Å². The van der Waals surface area contributed by atoms with E-state index in [2.05, 4.69) is 31.1 Å². The van der Waals surface area contributed by atoms with Crippen molar-refractivity contribution in [3.63, 3.8) is 0 Å². The molecule has 0 amide bonds. The van der Waals surface area contributed by atoms with Crippen LogP contribution in [0, 0.1) is 17.7 Å². The second kappa shape index (κ2) is 6.60. The zero-order valence-electron chi connectivity index (χ0n) is 15.8. The number of sulfone groups is 1. The minimum absolute atomic E-state index is 0.121. The number of anilines is 1. The Balaban J connectivity index is 1.80. The minimum Gasteiger partial charge on any atom is -0.370 e. The summed E-state index contributed by atoms with van der Waals surface area (Å²) in [5, 5.41) is 3.52. The standard InChI is InChI=1S/C21H25FN2O2S/c1-13-11-23-12-14(2)21-20(13)18-10-17(8-9-19(18)24(21)3)27(25,26)16-6-4-15(22)5-7-16/h4-10,13-14,20-21,23H,11-12H2,1-3H3/t13?,14?,20-,21+/m0/s1. The van der Waals surface area contributed by atoms with Gasteiger partial charge in [-0.15, -0.1) is 0 Å². The lowest BCUT2D eigenvalue weighted by Crippen LogP contribution is -2.39. The van der Waals surface area contributed by atoms with Crippen molar-refractivity contribution in [2.24, 2.45) is 11.8 Å². The van der Waals surface area contributed by atoms with Gasteiger partial charge < -0.3 is 10.2 Å². The van der Waals surface area contributed by atoms with Crippen LogP contribution in [0.15, 0.2) is 52.3 Å². The van der Waals surface area contributed by atoms with E-state index in [0.717, 1.165) is 24.3 Å². The summed E-state index contributed by atoms with van der Waals surface area (Å²) in [6.07, 6.45) is 0. The molecule has 1 saturated heterocycles. The second-order valence-electron chi connectivity index (χ2n) is 7.92. The summed E-state index contributed by atoms with van der Waals surface area (Å²) in [6.45, 7) is 6.37. The van der Waals surface area contributed by atoms with Crippen LogP contribution in [0.25, 0.3) is 0 Å². The lowest BCUT2D eigenvalue weighted by atomic mass is 9.80. The number of hydrogen-bond donors (Lipinski definition) is 1. The molecule has 0 radical (unpaired) electrons. The van der Waals surface area contributed by atoms with Gasteiger partial charge in [0.05, 0.1) is 9.79 Å². The van der Waals surface area contributed by atoms with Crippen LogP contribution < -0.4 is 10.2 Å². The van der Waals surface area contributed by atoms with E-state index in [4.69, 9.17) is 0 Å². The quantitative estimate of drug-likeness (QED) is 0.801. The SMILES string of the molecule is CC1CNCC(C)[C@@H]2[C@@H]1c1cc(S(=O)(=O)c3ccc(F)cc3)ccc1N2C. The first-order valence-electron chi connectivity index (χ1n) is 9.39. The Morgan fingerprint density at radius 3 is 2.33 bits per heavy atom. The number of fused-ring (bicyclic) bond motifs is 3. The van der Waals surface area contributed by atoms with E-state index in [9.17, 15) is 12.8 Å². The molecule has 6 heteroatoms. The van der Waals surface area contributed by atoms with Gasteiger partial charge in [0.1, 0.15) is 5.82 Å². The van der Waals surface area contributed by atoms with Crippen molar-refractivity contribution in [2.45, 2.75) is 35.6 Å². The summed E-state index contributed by atoms with van der Waals surface area (Å²) < 4.78 is 39.3. The van der Waals surface area contributed by atoms with Gasteiger partial charge in [0, 0.05) is 24.7 Å². The van der Waals surface area contributed by atoms with Crippen molar-refractivity contribution in [1.29, 1.82) is 0 Å². The van der Waals surface area contributed by atoms with Gasteiger partial charge in [-0.2, -0.15) is 0 Å². The number of benzene rings is 2. The summed E-state index contributed by atoms with van der Waals surface area (Å²) in [4.78, 5) is 2.71. The number of nitrogens with one attached hydrogen (secondary N) is 1. The van der Waals surface area contributed by atoms with Gasteiger partial charge in [0.25, 0.3) is 0 Å². The molecule has 1 fully saturated rings. The summed E-state index contributed by atoms with van der Waals surface area (Å²) in [7, 11) is -1.57. The van der Waals surface area contributed by atoms with Gasteiger partial charge in [-0.1, -0.05) is 13.8 Å². The third kappa shape index (κ3) is 2.95. The number of rotatable bonds is 2. The molecule has 2 aliphatic heterocycles. The summed E-state index contributed by atoms with van der Waals surface area (Å²) in [6, 6.07) is 10.8. The molecule has 0 aliphatic carbocycles. The van der Waals surface area contributed by atoms with Gasteiger partial charge >= 0.3 is 0 Å². The molecule has 27 heavy (non-hydrogen) atoms. The van der Waals surface area contributed by atoms with E-state index in [1.807, 2.05) is 12.1 Å². The predicted molar refractivity (Wildman–Crippen MR) is 104 cm³/mol. The molecule has 2 heterocycles. The van der Waals surface area contributed by atoms with Gasteiger partial charge in [0.2, 0.25) is 9.84 Å². The third-order valence-electron chi connectivity index (χ3n) is 6.12. The van der Waals surface area contributed by atoms with E-state index in [0.29, 0.717) is 23.8 Å². The first kappa shape index (κ1) is 18.4. The van der Waals surface area contributed by atoms with E-state index < -0.39 is 15.7 Å². The van der Waals surface area contributed by atoms with Crippen LogP contribution in [0.2, 0.25) is 0 Å². The smallest absolute Gasteiger partial charge is 0.206 e. The molecule has 144 valence electrons. The van der Waals surface area contributed by atoms with E-state index in [1.54, 1.807) is 6.07 Å². The molecule has 1 N–H and O–H groups in total. The molecule has 2 aromatic carbocycles. The average Bonchev–Trinajstić information content (AvgIpc) is 2.85. The second-order valence-corrected chi connectivity index (χ2v) is 9.87. The Morgan fingerprint density at radius 2 is 1.63 bits per heavy atom. The van der Waals surface area contributed by atoms with Gasteiger partial charge in [0.15, 0.2) is 0 Å². The maximum Gasteiger partial charge on any atom is 0.206 e. The molecule has 0 bridgehead atoms. The topological polar surface area (TPSA) is 49.4 Å². The number of likely N-dealkylation sites (N-methyl/N-ethyl adjacent to an activating group) is 1. The predicted octanol–water partition coefficient (Wildman–Crippen LogP) is 3.44. The first-order valence-corrected chi connectivity index (χ1v) is 10.9. The zero-order chi connectivity index (χ0) is 19.3. The zero-order valence-corrected chi connectivity index (χ0v) is 16.6. The van der Waals surface area contributed by atoms with Gasteiger partial charge in [-0.05, 0) is 73.0 Å². The van der Waals surface area contributed by atoms with E-state index in [1.165, 1.54) is 24.3 Å². The van der Waals surface area contributed by atoms with Crippen LogP contribution in [-0.2, 0) is 9.84 Å². The Bertz CT molecular complexity index is 959. The maximum absolute atomic E-state index is 13.2. The third-order valence-corrected chi connectivity index (χ3v) is 7.88. The van der Waals surface area contributed by atoms with Crippen LogP contribution in [0.5, 0.6) is 0 Å². The van der Waals surface area contributed by atoms with Crippen LogP contribution in [-0.4, -0.2) is 34.6 Å². The fraction of sp³-hybridized carbons (Fsp3) is 0.429. The van der Waals surface area contributed by atoms with Crippen LogP contribution in [0.3, 0.4) is 0 Å². The highest BCUT2D eigenvalue weighted by atomic mass is 32.2. The highest BCUT2D eigenvalue weighted by Gasteiger charge is 2.44. The molecule has 4 rings (SSSR count). The normalized spacial score (nSPS) is 27.8. The van der Waals surface area contributed by atoms with Crippen molar-refractivity contribution in [3.05, 3.63) is 53.8 Å². The molecule has 4 nitrogen and oxygen atoms in total. The lowest BCUT2D eigenvalue weighted by molar-refractivity contribution is 0.374. The van der Waals surface area contributed by atoms with Crippen LogP contribution >= 0.6 is 0 Å². The fourth-order valence-electron chi connectivity index (χ4n) is 4.79. The molecule has 2 unspecified atom stereocenters. The van der Waals surface area contributed by atoms with Crippen molar-refractivity contribution < 1.29 is 12.8 Å². The summed E-state index contributed by atoms with van der Waals surface area (Å²) >= 11 is 0. The Kier molecular flexibility index (Phi) is 4.51. The van der Waals surface area contributed by atoms with Crippen molar-refractivity contribution in [1.82, 2.24) is 5.32 Å². The van der Waals surface area contributed by atoms with E-state index >= 15 is 0 Å². The van der Waals surface area contributed by atoms with Crippen LogP contribution in [0.4, 0.5) is 10.1 Å². The average molecular weight is 389 g/mol. The van der Waals surface area contributed by atoms with Crippen molar-refractivity contribution >= 4 is 15.5 Å². The van der Waals surface area contributed by atoms with E-state index in [-0.39, 0.29) is 9.79 Å². The molecular formula is C21H25FN2O2S. The van der Waals surface area contributed by atoms with Gasteiger partial charge in [-0.3, -0.25) is 0 Å². The molecular weight excluding hydrogens is 363 g/mol. The first-order chi connectivity index (χ1) is 12.8. The van der Waals surface area contributed by atoms with Crippen molar-refractivity contribution in [3.8, 4) is 0 Å². The Morgan fingerprint density at radius 1 is 1.00 bits per heavy atom. The molecule has 2 aliphatic rings. The van der Waals surface area contributed by atoms with Crippen LogP contribution in [0.1, 0.15) is 25.3 Å². The lowest BCUT2D eigenvalue weighted by Gasteiger charge is -2.32. The molecule has 0 aromatic heterocycles. The minimum atomic E-state index is -3.67. The largest absolute Gasteiger partial charge is 0.370 e.